The average molecular weight is 249 g/mol. The molecule has 0 aliphatic heterocycles. The molecular formula is C13H19N3O2. The first kappa shape index (κ1) is 12.8. The van der Waals surface area contributed by atoms with E-state index in [1.165, 1.54) is 4.90 Å². The van der Waals surface area contributed by atoms with Gasteiger partial charge in [0, 0.05) is 26.4 Å². The van der Waals surface area contributed by atoms with Crippen molar-refractivity contribution >= 4 is 5.91 Å². The molecule has 0 saturated heterocycles. The number of aromatic nitrogens is 1. The van der Waals surface area contributed by atoms with Gasteiger partial charge in [0.15, 0.2) is 0 Å². The highest BCUT2D eigenvalue weighted by atomic mass is 16.5. The van der Waals surface area contributed by atoms with Crippen molar-refractivity contribution in [1.82, 2.24) is 9.88 Å². The molecule has 0 atom stereocenters. The number of rotatable bonds is 4. The predicted molar refractivity (Wildman–Crippen MR) is 68.4 cm³/mol. The van der Waals surface area contributed by atoms with Crippen molar-refractivity contribution in [3.8, 4) is 5.75 Å². The number of nitrogens with zero attached hydrogens (tertiary/aromatic N) is 2. The second-order valence-electron chi connectivity index (χ2n) is 4.89. The van der Waals surface area contributed by atoms with Crippen LogP contribution in [0.15, 0.2) is 18.3 Å². The monoisotopic (exact) mass is 249 g/mol. The highest BCUT2D eigenvalue weighted by molar-refractivity contribution is 5.92. The maximum Gasteiger partial charge on any atom is 0.272 e. The van der Waals surface area contributed by atoms with Gasteiger partial charge in [-0.05, 0) is 31.4 Å². The van der Waals surface area contributed by atoms with Crippen LogP contribution in [-0.4, -0.2) is 42.5 Å². The fourth-order valence-electron chi connectivity index (χ4n) is 1.99. The number of ether oxygens (including phenoxy) is 1. The van der Waals surface area contributed by atoms with Crippen LogP contribution in [0.25, 0.3) is 0 Å². The van der Waals surface area contributed by atoms with Crippen LogP contribution >= 0.6 is 0 Å². The second-order valence-corrected chi connectivity index (χ2v) is 4.89. The molecule has 0 spiro atoms. The van der Waals surface area contributed by atoms with Crippen molar-refractivity contribution in [3.63, 3.8) is 0 Å². The largest absolute Gasteiger partial charge is 0.490 e. The average Bonchev–Trinajstić information content (AvgIpc) is 2.32. The Morgan fingerprint density at radius 3 is 2.89 bits per heavy atom. The summed E-state index contributed by atoms with van der Waals surface area (Å²) in [5, 5.41) is 0. The van der Waals surface area contributed by atoms with Crippen molar-refractivity contribution in [1.29, 1.82) is 0 Å². The Kier molecular flexibility index (Phi) is 3.81. The number of hydrogen-bond acceptors (Lipinski definition) is 4. The first-order valence-electron chi connectivity index (χ1n) is 6.14. The van der Waals surface area contributed by atoms with Crippen molar-refractivity contribution in [2.45, 2.75) is 18.9 Å². The highest BCUT2D eigenvalue weighted by Gasteiger charge is 2.29. The molecule has 1 saturated carbocycles. The van der Waals surface area contributed by atoms with E-state index in [0.29, 0.717) is 17.4 Å². The smallest absolute Gasteiger partial charge is 0.272 e. The van der Waals surface area contributed by atoms with Crippen LogP contribution in [0.5, 0.6) is 5.75 Å². The van der Waals surface area contributed by atoms with Crippen LogP contribution in [0.3, 0.4) is 0 Å². The third-order valence-corrected chi connectivity index (χ3v) is 3.19. The van der Waals surface area contributed by atoms with Gasteiger partial charge in [-0.15, -0.1) is 0 Å². The predicted octanol–water partition coefficient (Wildman–Crippen LogP) is 0.899. The van der Waals surface area contributed by atoms with E-state index in [1.807, 2.05) is 0 Å². The van der Waals surface area contributed by atoms with Crippen molar-refractivity contribution in [3.05, 3.63) is 24.0 Å². The molecule has 5 nitrogen and oxygen atoms in total. The zero-order valence-corrected chi connectivity index (χ0v) is 10.8. The van der Waals surface area contributed by atoms with Crippen molar-refractivity contribution < 1.29 is 9.53 Å². The molecule has 18 heavy (non-hydrogen) atoms. The lowest BCUT2D eigenvalue weighted by atomic mass is 9.82. The quantitative estimate of drug-likeness (QED) is 0.860. The molecule has 1 fully saturated rings. The van der Waals surface area contributed by atoms with Crippen LogP contribution in [0, 0.1) is 5.92 Å². The molecule has 0 bridgehead atoms. The Labute approximate surface area is 107 Å². The zero-order valence-electron chi connectivity index (χ0n) is 10.8. The van der Waals surface area contributed by atoms with Crippen LogP contribution in [0.4, 0.5) is 0 Å². The van der Waals surface area contributed by atoms with Gasteiger partial charge >= 0.3 is 0 Å². The van der Waals surface area contributed by atoms with Crippen LogP contribution in [0.2, 0.25) is 0 Å². The highest BCUT2D eigenvalue weighted by Crippen LogP contribution is 2.30. The van der Waals surface area contributed by atoms with E-state index < -0.39 is 0 Å². The summed E-state index contributed by atoms with van der Waals surface area (Å²) < 4.78 is 5.79. The Bertz CT molecular complexity index is 428. The minimum Gasteiger partial charge on any atom is -0.490 e. The Morgan fingerprint density at radius 2 is 2.28 bits per heavy atom. The maximum atomic E-state index is 11.8. The lowest BCUT2D eigenvalue weighted by Crippen LogP contribution is -2.37. The molecule has 1 heterocycles. The molecule has 1 aliphatic rings. The summed E-state index contributed by atoms with van der Waals surface area (Å²) in [6, 6.07) is 3.47. The van der Waals surface area contributed by atoms with E-state index in [-0.39, 0.29) is 12.0 Å². The zero-order chi connectivity index (χ0) is 13.1. The lowest BCUT2D eigenvalue weighted by Gasteiger charge is -2.34. The number of hydrogen-bond donors (Lipinski definition) is 1. The maximum absolute atomic E-state index is 11.8. The molecule has 0 aromatic carbocycles. The molecule has 0 radical (unpaired) electrons. The Balaban J connectivity index is 1.98. The number of pyridine rings is 1. The number of carbonyl (C=O) groups excluding carboxylic acids is 1. The topological polar surface area (TPSA) is 68.5 Å². The van der Waals surface area contributed by atoms with Gasteiger partial charge < -0.3 is 15.4 Å². The third-order valence-electron chi connectivity index (χ3n) is 3.19. The van der Waals surface area contributed by atoms with E-state index in [2.05, 4.69) is 4.98 Å². The SMILES string of the molecule is CN(C)C(=O)c1cc(OC2CC(CN)C2)ccn1. The molecule has 2 rings (SSSR count). The minimum atomic E-state index is -0.117. The van der Waals surface area contributed by atoms with Gasteiger partial charge in [0.05, 0.1) is 6.10 Å². The van der Waals surface area contributed by atoms with Crippen LogP contribution < -0.4 is 10.5 Å². The molecule has 5 heteroatoms. The number of amides is 1. The lowest BCUT2D eigenvalue weighted by molar-refractivity contribution is 0.0683. The molecule has 2 N–H and O–H groups in total. The van der Waals surface area contributed by atoms with E-state index in [1.54, 1.807) is 32.4 Å². The van der Waals surface area contributed by atoms with Crippen molar-refractivity contribution in [2.24, 2.45) is 11.7 Å². The van der Waals surface area contributed by atoms with Gasteiger partial charge in [0.2, 0.25) is 0 Å². The molecular weight excluding hydrogens is 230 g/mol. The van der Waals surface area contributed by atoms with Gasteiger partial charge in [-0.1, -0.05) is 0 Å². The Hall–Kier alpha value is -1.62. The molecule has 1 aromatic rings. The van der Waals surface area contributed by atoms with Crippen molar-refractivity contribution in [2.75, 3.05) is 20.6 Å². The van der Waals surface area contributed by atoms with Crippen LogP contribution in [-0.2, 0) is 0 Å². The van der Waals surface area contributed by atoms with E-state index in [4.69, 9.17) is 10.5 Å². The summed E-state index contributed by atoms with van der Waals surface area (Å²) in [7, 11) is 3.41. The first-order valence-corrected chi connectivity index (χ1v) is 6.14. The number of carbonyl (C=O) groups is 1. The normalized spacial score (nSPS) is 22.2. The third kappa shape index (κ3) is 2.79. The van der Waals surface area contributed by atoms with E-state index >= 15 is 0 Å². The molecule has 98 valence electrons. The van der Waals surface area contributed by atoms with E-state index in [0.717, 1.165) is 19.4 Å². The first-order chi connectivity index (χ1) is 8.60. The summed E-state index contributed by atoms with van der Waals surface area (Å²) in [6.07, 6.45) is 3.82. The summed E-state index contributed by atoms with van der Waals surface area (Å²) in [4.78, 5) is 17.3. The minimum absolute atomic E-state index is 0.117. The van der Waals surface area contributed by atoms with Gasteiger partial charge in [-0.3, -0.25) is 9.78 Å². The van der Waals surface area contributed by atoms with Gasteiger partial charge in [-0.25, -0.2) is 0 Å². The summed E-state index contributed by atoms with van der Waals surface area (Å²) >= 11 is 0. The molecule has 1 amide bonds. The molecule has 1 aliphatic carbocycles. The summed E-state index contributed by atoms with van der Waals surface area (Å²) in [5.74, 6) is 1.17. The fraction of sp³-hybridized carbons (Fsp3) is 0.538. The standard InChI is InChI=1S/C13H19N3O2/c1-16(2)13(17)12-7-10(3-4-15-12)18-11-5-9(6-11)8-14/h3-4,7,9,11H,5-6,8,14H2,1-2H3. The summed E-state index contributed by atoms with van der Waals surface area (Å²) in [6.45, 7) is 0.723. The Morgan fingerprint density at radius 1 is 1.56 bits per heavy atom. The summed E-state index contributed by atoms with van der Waals surface area (Å²) in [5.41, 5.74) is 5.98. The van der Waals surface area contributed by atoms with Gasteiger partial charge in [-0.2, -0.15) is 0 Å². The molecule has 0 unspecified atom stereocenters. The number of nitrogens with two attached hydrogens (primary N) is 1. The van der Waals surface area contributed by atoms with Crippen LogP contribution in [0.1, 0.15) is 23.3 Å². The molecule has 1 aromatic heterocycles. The fourth-order valence-corrected chi connectivity index (χ4v) is 1.99. The van der Waals surface area contributed by atoms with Gasteiger partial charge in [0.1, 0.15) is 11.4 Å². The van der Waals surface area contributed by atoms with Gasteiger partial charge in [0.25, 0.3) is 5.91 Å². The second kappa shape index (κ2) is 5.35. The van der Waals surface area contributed by atoms with E-state index in [9.17, 15) is 4.79 Å².